The Hall–Kier alpha value is -3.34. The van der Waals surface area contributed by atoms with E-state index in [1.54, 1.807) is 18.3 Å². The number of amides is 1. The number of rotatable bonds is 7. The van der Waals surface area contributed by atoms with Crippen molar-refractivity contribution in [1.29, 1.82) is 0 Å². The Labute approximate surface area is 171 Å². The van der Waals surface area contributed by atoms with Gasteiger partial charge in [-0.3, -0.25) is 4.79 Å². The van der Waals surface area contributed by atoms with Crippen molar-refractivity contribution in [2.75, 3.05) is 5.32 Å². The van der Waals surface area contributed by atoms with Gasteiger partial charge < -0.3 is 15.4 Å². The number of nitrogens with zero attached hydrogens (tertiary/aromatic N) is 1. The summed E-state index contributed by atoms with van der Waals surface area (Å²) in [5, 5.41) is 6.38. The fraction of sp³-hybridized carbons (Fsp3) is 0.250. The van der Waals surface area contributed by atoms with Crippen LogP contribution in [0.2, 0.25) is 0 Å². The molecule has 5 nitrogen and oxygen atoms in total. The van der Waals surface area contributed by atoms with E-state index in [4.69, 9.17) is 4.74 Å². The standard InChI is InChI=1S/C24H25N3O2/c28-24(27-19-9-4-5-10-19)22-11-6-16-25-23(22)26-20-12-14-21(15-13-20)29-17-18-7-2-1-3-8-18/h1-3,6-8,11-16,19H,4-5,9-10,17H2,(H,25,26)(H,27,28). The Balaban J connectivity index is 1.39. The van der Waals surface area contributed by atoms with Gasteiger partial charge in [0.1, 0.15) is 18.2 Å². The number of pyridine rings is 1. The number of carbonyl (C=O) groups excluding carboxylic acids is 1. The summed E-state index contributed by atoms with van der Waals surface area (Å²) in [5.41, 5.74) is 2.54. The van der Waals surface area contributed by atoms with Crippen LogP contribution in [0.4, 0.5) is 11.5 Å². The predicted molar refractivity (Wildman–Crippen MR) is 114 cm³/mol. The molecule has 0 atom stereocenters. The second kappa shape index (κ2) is 9.24. The molecule has 29 heavy (non-hydrogen) atoms. The summed E-state index contributed by atoms with van der Waals surface area (Å²) in [6.45, 7) is 0.527. The molecule has 1 heterocycles. The number of anilines is 2. The van der Waals surface area contributed by atoms with Crippen molar-refractivity contribution in [2.45, 2.75) is 38.3 Å². The molecular weight excluding hydrogens is 362 g/mol. The van der Waals surface area contributed by atoms with E-state index in [1.165, 1.54) is 12.8 Å². The van der Waals surface area contributed by atoms with Gasteiger partial charge in [0.15, 0.2) is 0 Å². The average Bonchev–Trinajstić information content (AvgIpc) is 3.27. The third kappa shape index (κ3) is 5.13. The number of hydrogen-bond donors (Lipinski definition) is 2. The molecule has 5 heteroatoms. The lowest BCUT2D eigenvalue weighted by atomic mass is 10.2. The van der Waals surface area contributed by atoms with Crippen molar-refractivity contribution in [3.05, 3.63) is 84.1 Å². The normalized spacial score (nSPS) is 13.8. The zero-order chi connectivity index (χ0) is 19.9. The molecule has 0 bridgehead atoms. The Morgan fingerprint density at radius 3 is 2.48 bits per heavy atom. The topological polar surface area (TPSA) is 63.2 Å². The molecule has 0 aliphatic heterocycles. The predicted octanol–water partition coefficient (Wildman–Crippen LogP) is 5.08. The summed E-state index contributed by atoms with van der Waals surface area (Å²) in [7, 11) is 0. The van der Waals surface area contributed by atoms with Gasteiger partial charge in [-0.15, -0.1) is 0 Å². The molecule has 1 aliphatic rings. The van der Waals surface area contributed by atoms with E-state index in [0.29, 0.717) is 18.0 Å². The maximum absolute atomic E-state index is 12.7. The minimum absolute atomic E-state index is 0.0738. The fourth-order valence-corrected chi connectivity index (χ4v) is 3.53. The lowest BCUT2D eigenvalue weighted by molar-refractivity contribution is 0.0938. The lowest BCUT2D eigenvalue weighted by Crippen LogP contribution is -2.33. The van der Waals surface area contributed by atoms with E-state index in [2.05, 4.69) is 15.6 Å². The van der Waals surface area contributed by atoms with Gasteiger partial charge >= 0.3 is 0 Å². The molecule has 1 saturated carbocycles. The van der Waals surface area contributed by atoms with Gasteiger partial charge in [-0.2, -0.15) is 0 Å². The molecule has 148 valence electrons. The van der Waals surface area contributed by atoms with Crippen LogP contribution in [0.3, 0.4) is 0 Å². The van der Waals surface area contributed by atoms with Crippen molar-refractivity contribution in [3.8, 4) is 5.75 Å². The average molecular weight is 387 g/mol. The maximum atomic E-state index is 12.7. The van der Waals surface area contributed by atoms with Crippen LogP contribution in [0.15, 0.2) is 72.9 Å². The summed E-state index contributed by atoms with van der Waals surface area (Å²) in [5.74, 6) is 1.27. The first-order valence-corrected chi connectivity index (χ1v) is 10.1. The molecule has 0 spiro atoms. The van der Waals surface area contributed by atoms with E-state index in [9.17, 15) is 4.79 Å². The molecule has 1 aromatic heterocycles. The Morgan fingerprint density at radius 1 is 0.966 bits per heavy atom. The second-order valence-corrected chi connectivity index (χ2v) is 7.28. The van der Waals surface area contributed by atoms with Gasteiger partial charge in [0.05, 0.1) is 5.56 Å². The van der Waals surface area contributed by atoms with E-state index in [0.717, 1.165) is 29.8 Å². The summed E-state index contributed by atoms with van der Waals surface area (Å²) in [4.78, 5) is 17.0. The fourth-order valence-electron chi connectivity index (χ4n) is 3.53. The van der Waals surface area contributed by atoms with Gasteiger partial charge in [0, 0.05) is 17.9 Å². The second-order valence-electron chi connectivity index (χ2n) is 7.28. The number of hydrogen-bond acceptors (Lipinski definition) is 4. The Bertz CT molecular complexity index is 936. The van der Waals surface area contributed by atoms with Crippen molar-refractivity contribution in [2.24, 2.45) is 0 Å². The van der Waals surface area contributed by atoms with Crippen molar-refractivity contribution >= 4 is 17.4 Å². The highest BCUT2D eigenvalue weighted by atomic mass is 16.5. The van der Waals surface area contributed by atoms with Gasteiger partial charge in [-0.1, -0.05) is 43.2 Å². The molecule has 3 aromatic rings. The lowest BCUT2D eigenvalue weighted by Gasteiger charge is -2.15. The Morgan fingerprint density at radius 2 is 1.72 bits per heavy atom. The number of benzene rings is 2. The van der Waals surface area contributed by atoms with Crippen LogP contribution in [0.5, 0.6) is 5.75 Å². The van der Waals surface area contributed by atoms with Gasteiger partial charge in [-0.25, -0.2) is 4.98 Å². The number of nitrogens with one attached hydrogen (secondary N) is 2. The Kier molecular flexibility index (Phi) is 6.05. The van der Waals surface area contributed by atoms with Crippen LogP contribution in [0.25, 0.3) is 0 Å². The quantitative estimate of drug-likeness (QED) is 0.594. The molecular formula is C24H25N3O2. The molecule has 2 aromatic carbocycles. The van der Waals surface area contributed by atoms with Crippen LogP contribution in [0.1, 0.15) is 41.6 Å². The summed E-state index contributed by atoms with van der Waals surface area (Å²) < 4.78 is 5.83. The molecule has 1 aliphatic carbocycles. The smallest absolute Gasteiger partial charge is 0.255 e. The highest BCUT2D eigenvalue weighted by Gasteiger charge is 2.20. The summed E-state index contributed by atoms with van der Waals surface area (Å²) in [6.07, 6.45) is 6.16. The van der Waals surface area contributed by atoms with Gasteiger partial charge in [0.2, 0.25) is 0 Å². The van der Waals surface area contributed by atoms with Crippen LogP contribution in [-0.4, -0.2) is 16.9 Å². The van der Waals surface area contributed by atoms with Crippen LogP contribution in [-0.2, 0) is 6.61 Å². The molecule has 4 rings (SSSR count). The van der Waals surface area contributed by atoms with Gasteiger partial charge in [0.25, 0.3) is 5.91 Å². The van der Waals surface area contributed by atoms with Crippen molar-refractivity contribution in [3.63, 3.8) is 0 Å². The third-order valence-electron chi connectivity index (χ3n) is 5.11. The first kappa shape index (κ1) is 19.0. The van der Waals surface area contributed by atoms with E-state index in [1.807, 2.05) is 54.6 Å². The number of carbonyl (C=O) groups is 1. The number of ether oxygens (including phenoxy) is 1. The summed E-state index contributed by atoms with van der Waals surface area (Å²) >= 11 is 0. The monoisotopic (exact) mass is 387 g/mol. The zero-order valence-corrected chi connectivity index (χ0v) is 16.3. The molecule has 1 fully saturated rings. The minimum atomic E-state index is -0.0738. The highest BCUT2D eigenvalue weighted by Crippen LogP contribution is 2.23. The zero-order valence-electron chi connectivity index (χ0n) is 16.3. The van der Waals surface area contributed by atoms with Crippen molar-refractivity contribution in [1.82, 2.24) is 10.3 Å². The molecule has 1 amide bonds. The van der Waals surface area contributed by atoms with Crippen molar-refractivity contribution < 1.29 is 9.53 Å². The third-order valence-corrected chi connectivity index (χ3v) is 5.11. The first-order valence-electron chi connectivity index (χ1n) is 10.1. The molecule has 0 radical (unpaired) electrons. The molecule has 2 N–H and O–H groups in total. The molecule has 0 saturated heterocycles. The summed E-state index contributed by atoms with van der Waals surface area (Å²) in [6, 6.07) is 21.6. The van der Waals surface area contributed by atoms with E-state index in [-0.39, 0.29) is 11.9 Å². The maximum Gasteiger partial charge on any atom is 0.255 e. The highest BCUT2D eigenvalue weighted by molar-refractivity contribution is 5.99. The van der Waals surface area contributed by atoms with Crippen LogP contribution < -0.4 is 15.4 Å². The minimum Gasteiger partial charge on any atom is -0.489 e. The van der Waals surface area contributed by atoms with E-state index < -0.39 is 0 Å². The number of aromatic nitrogens is 1. The largest absolute Gasteiger partial charge is 0.489 e. The molecule has 0 unspecified atom stereocenters. The SMILES string of the molecule is O=C(NC1CCCC1)c1cccnc1Nc1ccc(OCc2ccccc2)cc1. The first-order chi connectivity index (χ1) is 14.3. The van der Waals surface area contributed by atoms with Gasteiger partial charge in [-0.05, 0) is 54.8 Å². The van der Waals surface area contributed by atoms with E-state index >= 15 is 0 Å². The van der Waals surface area contributed by atoms with Crippen LogP contribution in [0, 0.1) is 0 Å². The van der Waals surface area contributed by atoms with Crippen LogP contribution >= 0.6 is 0 Å².